The molecule has 5 nitrogen and oxygen atoms in total. The summed E-state index contributed by atoms with van der Waals surface area (Å²) in [6.07, 6.45) is 3.16. The van der Waals surface area contributed by atoms with Crippen LogP contribution in [0.15, 0.2) is 22.9 Å². The van der Waals surface area contributed by atoms with E-state index in [-0.39, 0.29) is 5.95 Å². The summed E-state index contributed by atoms with van der Waals surface area (Å²) in [7, 11) is 1.89. The smallest absolute Gasteiger partial charge is 0.222 e. The van der Waals surface area contributed by atoms with Crippen LogP contribution in [0.2, 0.25) is 5.02 Å². The topological polar surface area (TPSA) is 68.2 Å². The van der Waals surface area contributed by atoms with Crippen molar-refractivity contribution >= 4 is 23.4 Å². The van der Waals surface area contributed by atoms with E-state index in [1.165, 1.54) is 6.20 Å². The van der Waals surface area contributed by atoms with Gasteiger partial charge in [-0.15, -0.1) is 0 Å². The minimum absolute atomic E-state index is 0.208. The number of anilines is 2. The standard InChI is InChI=1S/C11H13ClN4O/c1-7-8(3-4-17-7)6-16(2)10-9(12)5-14-11(13)15-10/h3-5H,6H2,1-2H3,(H2,13,14,15). The number of furan rings is 1. The molecule has 0 spiro atoms. The summed E-state index contributed by atoms with van der Waals surface area (Å²) in [5, 5.41) is 0.475. The Morgan fingerprint density at radius 2 is 2.29 bits per heavy atom. The summed E-state index contributed by atoms with van der Waals surface area (Å²) in [5.41, 5.74) is 6.63. The van der Waals surface area contributed by atoms with Crippen LogP contribution in [0.5, 0.6) is 0 Å². The van der Waals surface area contributed by atoms with Crippen molar-refractivity contribution in [1.82, 2.24) is 9.97 Å². The van der Waals surface area contributed by atoms with Crippen molar-refractivity contribution in [3.8, 4) is 0 Å². The highest BCUT2D eigenvalue weighted by Crippen LogP contribution is 2.24. The van der Waals surface area contributed by atoms with Crippen molar-refractivity contribution in [2.24, 2.45) is 0 Å². The van der Waals surface area contributed by atoms with Gasteiger partial charge in [0.05, 0.1) is 12.5 Å². The summed E-state index contributed by atoms with van der Waals surface area (Å²) < 4.78 is 5.24. The second-order valence-electron chi connectivity index (χ2n) is 3.76. The summed E-state index contributed by atoms with van der Waals surface area (Å²) >= 11 is 6.03. The largest absolute Gasteiger partial charge is 0.469 e. The first kappa shape index (κ1) is 11.7. The Kier molecular flexibility index (Phi) is 3.19. The second kappa shape index (κ2) is 4.63. The third kappa shape index (κ3) is 2.50. The molecular formula is C11H13ClN4O. The number of rotatable bonds is 3. The summed E-state index contributed by atoms with van der Waals surface area (Å²) in [5.74, 6) is 1.70. The van der Waals surface area contributed by atoms with Gasteiger partial charge in [0.25, 0.3) is 0 Å². The van der Waals surface area contributed by atoms with E-state index in [0.29, 0.717) is 17.4 Å². The van der Waals surface area contributed by atoms with E-state index in [2.05, 4.69) is 9.97 Å². The highest BCUT2D eigenvalue weighted by Gasteiger charge is 2.11. The zero-order chi connectivity index (χ0) is 12.4. The van der Waals surface area contributed by atoms with Gasteiger partial charge in [-0.2, -0.15) is 4.98 Å². The molecule has 17 heavy (non-hydrogen) atoms. The van der Waals surface area contributed by atoms with Gasteiger partial charge in [0, 0.05) is 19.2 Å². The lowest BCUT2D eigenvalue weighted by molar-refractivity contribution is 0.529. The van der Waals surface area contributed by atoms with Gasteiger partial charge in [-0.25, -0.2) is 4.98 Å². The molecule has 2 N–H and O–H groups in total. The molecule has 0 amide bonds. The predicted molar refractivity (Wildman–Crippen MR) is 67.0 cm³/mol. The van der Waals surface area contributed by atoms with E-state index in [0.717, 1.165) is 11.3 Å². The maximum absolute atomic E-state index is 6.03. The average Bonchev–Trinajstić information content (AvgIpc) is 2.68. The lowest BCUT2D eigenvalue weighted by atomic mass is 10.2. The van der Waals surface area contributed by atoms with E-state index >= 15 is 0 Å². The van der Waals surface area contributed by atoms with Gasteiger partial charge in [0.2, 0.25) is 5.95 Å². The Hall–Kier alpha value is -1.75. The van der Waals surface area contributed by atoms with E-state index in [1.807, 2.05) is 24.9 Å². The molecule has 2 heterocycles. The van der Waals surface area contributed by atoms with E-state index in [9.17, 15) is 0 Å². The highest BCUT2D eigenvalue weighted by molar-refractivity contribution is 6.32. The Morgan fingerprint density at radius 1 is 1.53 bits per heavy atom. The van der Waals surface area contributed by atoms with Crippen LogP contribution in [0.1, 0.15) is 11.3 Å². The first-order chi connectivity index (χ1) is 8.08. The maximum Gasteiger partial charge on any atom is 0.222 e. The number of hydrogen-bond donors (Lipinski definition) is 1. The van der Waals surface area contributed by atoms with Crippen molar-refractivity contribution in [2.75, 3.05) is 17.7 Å². The highest BCUT2D eigenvalue weighted by atomic mass is 35.5. The number of hydrogen-bond acceptors (Lipinski definition) is 5. The Morgan fingerprint density at radius 3 is 2.94 bits per heavy atom. The molecule has 0 aliphatic carbocycles. The minimum Gasteiger partial charge on any atom is -0.469 e. The fourth-order valence-electron chi connectivity index (χ4n) is 1.54. The Labute approximate surface area is 104 Å². The molecule has 6 heteroatoms. The fourth-order valence-corrected chi connectivity index (χ4v) is 1.78. The lowest BCUT2D eigenvalue weighted by Gasteiger charge is -2.18. The molecule has 0 aromatic carbocycles. The third-order valence-electron chi connectivity index (χ3n) is 2.48. The van der Waals surface area contributed by atoms with Crippen LogP contribution in [-0.2, 0) is 6.54 Å². The molecule has 2 rings (SSSR count). The van der Waals surface area contributed by atoms with Crippen LogP contribution >= 0.6 is 11.6 Å². The van der Waals surface area contributed by atoms with Crippen LogP contribution < -0.4 is 10.6 Å². The minimum atomic E-state index is 0.208. The van der Waals surface area contributed by atoms with Gasteiger partial charge < -0.3 is 15.1 Å². The van der Waals surface area contributed by atoms with E-state index in [1.54, 1.807) is 6.26 Å². The summed E-state index contributed by atoms with van der Waals surface area (Å²) in [6.45, 7) is 2.57. The van der Waals surface area contributed by atoms with Gasteiger partial charge in [-0.1, -0.05) is 11.6 Å². The molecule has 0 bridgehead atoms. The van der Waals surface area contributed by atoms with E-state index < -0.39 is 0 Å². The molecule has 0 radical (unpaired) electrons. The maximum atomic E-state index is 6.03. The van der Waals surface area contributed by atoms with Crippen molar-refractivity contribution in [2.45, 2.75) is 13.5 Å². The zero-order valence-electron chi connectivity index (χ0n) is 9.64. The number of halogens is 1. The fraction of sp³-hybridized carbons (Fsp3) is 0.273. The first-order valence-electron chi connectivity index (χ1n) is 5.10. The number of nitrogens with two attached hydrogens (primary N) is 1. The Bertz CT molecular complexity index is 526. The monoisotopic (exact) mass is 252 g/mol. The molecule has 0 saturated heterocycles. The van der Waals surface area contributed by atoms with Crippen LogP contribution in [-0.4, -0.2) is 17.0 Å². The molecule has 2 aromatic heterocycles. The number of nitrogens with zero attached hydrogens (tertiary/aromatic N) is 3. The van der Waals surface area contributed by atoms with Crippen molar-refractivity contribution < 1.29 is 4.42 Å². The Balaban J connectivity index is 2.23. The summed E-state index contributed by atoms with van der Waals surface area (Å²) in [4.78, 5) is 9.84. The van der Waals surface area contributed by atoms with Crippen molar-refractivity contribution in [3.63, 3.8) is 0 Å². The van der Waals surface area contributed by atoms with Gasteiger partial charge in [-0.3, -0.25) is 0 Å². The van der Waals surface area contributed by atoms with Gasteiger partial charge in [-0.05, 0) is 13.0 Å². The third-order valence-corrected chi connectivity index (χ3v) is 2.75. The van der Waals surface area contributed by atoms with E-state index in [4.69, 9.17) is 21.8 Å². The molecule has 0 atom stereocenters. The SMILES string of the molecule is Cc1occc1CN(C)c1nc(N)ncc1Cl. The molecular weight excluding hydrogens is 240 g/mol. The quantitative estimate of drug-likeness (QED) is 0.907. The molecule has 0 aliphatic heterocycles. The number of aromatic nitrogens is 2. The normalized spacial score (nSPS) is 10.5. The number of aryl methyl sites for hydroxylation is 1. The first-order valence-corrected chi connectivity index (χ1v) is 5.48. The average molecular weight is 253 g/mol. The molecule has 0 fully saturated rings. The second-order valence-corrected chi connectivity index (χ2v) is 4.17. The van der Waals surface area contributed by atoms with Gasteiger partial charge in [0.15, 0.2) is 5.82 Å². The van der Waals surface area contributed by atoms with Gasteiger partial charge >= 0.3 is 0 Å². The number of nitrogen functional groups attached to an aromatic ring is 1. The van der Waals surface area contributed by atoms with Gasteiger partial charge in [0.1, 0.15) is 10.8 Å². The zero-order valence-corrected chi connectivity index (χ0v) is 10.4. The molecule has 0 unspecified atom stereocenters. The molecule has 90 valence electrons. The molecule has 2 aromatic rings. The predicted octanol–water partition coefficient (Wildman–Crippen LogP) is 2.25. The molecule has 0 saturated carbocycles. The van der Waals surface area contributed by atoms with Crippen LogP contribution in [0.4, 0.5) is 11.8 Å². The van der Waals surface area contributed by atoms with Crippen LogP contribution in [0.25, 0.3) is 0 Å². The van der Waals surface area contributed by atoms with Crippen molar-refractivity contribution in [1.29, 1.82) is 0 Å². The molecule has 0 aliphatic rings. The van der Waals surface area contributed by atoms with Crippen LogP contribution in [0, 0.1) is 6.92 Å². The van der Waals surface area contributed by atoms with Crippen molar-refractivity contribution in [3.05, 3.63) is 34.9 Å². The summed E-state index contributed by atoms with van der Waals surface area (Å²) in [6, 6.07) is 1.92. The lowest BCUT2D eigenvalue weighted by Crippen LogP contribution is -2.19. The van der Waals surface area contributed by atoms with Crippen LogP contribution in [0.3, 0.4) is 0 Å².